The topological polar surface area (TPSA) is 27.7 Å². The van der Waals surface area contributed by atoms with Crippen LogP contribution in [0.4, 0.5) is 0 Å². The maximum Gasteiger partial charge on any atom is 0.200 e. The monoisotopic (exact) mass is 214 g/mol. The number of ether oxygens (including phenoxy) is 3. The van der Waals surface area contributed by atoms with Crippen molar-refractivity contribution in [1.29, 1.82) is 0 Å². The standard InChI is InChI=1S/C12H22O3/c1-9-6-7-13-12(14-9)8-10(2,3)15-11(12,4)5/h9H,6-8H2,1-5H3/t9-,12+/m1/s1. The molecule has 0 N–H and O–H groups in total. The van der Waals surface area contributed by atoms with Crippen molar-refractivity contribution in [3.63, 3.8) is 0 Å². The van der Waals surface area contributed by atoms with Crippen LogP contribution < -0.4 is 0 Å². The van der Waals surface area contributed by atoms with E-state index in [9.17, 15) is 0 Å². The van der Waals surface area contributed by atoms with Gasteiger partial charge in [-0.15, -0.1) is 0 Å². The van der Waals surface area contributed by atoms with Crippen molar-refractivity contribution in [2.24, 2.45) is 0 Å². The summed E-state index contributed by atoms with van der Waals surface area (Å²) < 4.78 is 18.0. The van der Waals surface area contributed by atoms with E-state index in [-0.39, 0.29) is 17.3 Å². The molecule has 0 aromatic heterocycles. The maximum atomic E-state index is 6.04. The summed E-state index contributed by atoms with van der Waals surface area (Å²) in [5.74, 6) is -0.547. The molecular weight excluding hydrogens is 192 g/mol. The van der Waals surface area contributed by atoms with Crippen molar-refractivity contribution >= 4 is 0 Å². The second kappa shape index (κ2) is 3.19. The molecule has 2 fully saturated rings. The number of hydrogen-bond donors (Lipinski definition) is 0. The van der Waals surface area contributed by atoms with Crippen LogP contribution in [0.5, 0.6) is 0 Å². The van der Waals surface area contributed by atoms with E-state index in [1.54, 1.807) is 0 Å². The van der Waals surface area contributed by atoms with Gasteiger partial charge < -0.3 is 14.2 Å². The molecule has 0 bridgehead atoms. The van der Waals surface area contributed by atoms with E-state index in [2.05, 4.69) is 34.6 Å². The molecule has 0 aliphatic carbocycles. The van der Waals surface area contributed by atoms with Crippen LogP contribution in [-0.2, 0) is 14.2 Å². The van der Waals surface area contributed by atoms with Crippen molar-refractivity contribution in [2.45, 2.75) is 70.6 Å². The average molecular weight is 214 g/mol. The summed E-state index contributed by atoms with van der Waals surface area (Å²) in [6, 6.07) is 0. The van der Waals surface area contributed by atoms with Crippen molar-refractivity contribution in [3.05, 3.63) is 0 Å². The summed E-state index contributed by atoms with van der Waals surface area (Å²) >= 11 is 0. The molecule has 2 heterocycles. The fourth-order valence-electron chi connectivity index (χ4n) is 2.79. The van der Waals surface area contributed by atoms with Gasteiger partial charge in [0.25, 0.3) is 0 Å². The molecule has 0 aromatic rings. The smallest absolute Gasteiger partial charge is 0.200 e. The van der Waals surface area contributed by atoms with E-state index >= 15 is 0 Å². The zero-order valence-electron chi connectivity index (χ0n) is 10.4. The summed E-state index contributed by atoms with van der Waals surface area (Å²) in [7, 11) is 0. The van der Waals surface area contributed by atoms with Crippen LogP contribution in [0.15, 0.2) is 0 Å². The molecule has 0 radical (unpaired) electrons. The summed E-state index contributed by atoms with van der Waals surface area (Å²) in [6.45, 7) is 11.2. The molecule has 3 nitrogen and oxygen atoms in total. The lowest BCUT2D eigenvalue weighted by Gasteiger charge is -2.44. The Bertz CT molecular complexity index is 260. The molecular formula is C12H22O3. The van der Waals surface area contributed by atoms with E-state index in [1.807, 2.05) is 0 Å². The van der Waals surface area contributed by atoms with Crippen molar-refractivity contribution in [1.82, 2.24) is 0 Å². The van der Waals surface area contributed by atoms with Gasteiger partial charge >= 0.3 is 0 Å². The van der Waals surface area contributed by atoms with E-state index in [0.717, 1.165) is 19.4 Å². The molecule has 0 unspecified atom stereocenters. The summed E-state index contributed by atoms with van der Waals surface area (Å²) in [6.07, 6.45) is 2.03. The lowest BCUT2D eigenvalue weighted by molar-refractivity contribution is -0.328. The predicted molar refractivity (Wildman–Crippen MR) is 57.7 cm³/mol. The highest BCUT2D eigenvalue weighted by Crippen LogP contribution is 2.49. The Kier molecular flexibility index (Phi) is 2.42. The van der Waals surface area contributed by atoms with Crippen LogP contribution >= 0.6 is 0 Å². The van der Waals surface area contributed by atoms with Crippen molar-refractivity contribution in [3.8, 4) is 0 Å². The first-order chi connectivity index (χ1) is 6.77. The van der Waals surface area contributed by atoms with Crippen molar-refractivity contribution < 1.29 is 14.2 Å². The largest absolute Gasteiger partial charge is 0.364 e. The van der Waals surface area contributed by atoms with Gasteiger partial charge in [-0.2, -0.15) is 0 Å². The Hall–Kier alpha value is -0.120. The summed E-state index contributed by atoms with van der Waals surface area (Å²) in [5.41, 5.74) is -0.536. The second-order valence-electron chi connectivity index (χ2n) is 5.87. The minimum atomic E-state index is -0.547. The third-order valence-corrected chi connectivity index (χ3v) is 3.36. The van der Waals surface area contributed by atoms with E-state index < -0.39 is 5.79 Å². The highest BCUT2D eigenvalue weighted by molar-refractivity contribution is 5.03. The molecule has 2 aliphatic rings. The molecule has 0 aromatic carbocycles. The number of hydrogen-bond acceptors (Lipinski definition) is 3. The molecule has 2 rings (SSSR count). The first-order valence-corrected chi connectivity index (χ1v) is 5.78. The SMILES string of the molecule is C[C@@H]1CCO[C@@]2(CC(C)(C)OC2(C)C)O1. The van der Waals surface area contributed by atoms with E-state index in [1.165, 1.54) is 0 Å². The second-order valence-corrected chi connectivity index (χ2v) is 5.87. The van der Waals surface area contributed by atoms with Crippen molar-refractivity contribution in [2.75, 3.05) is 6.61 Å². The average Bonchev–Trinajstić information content (AvgIpc) is 2.15. The van der Waals surface area contributed by atoms with Gasteiger partial charge in [0.2, 0.25) is 0 Å². The first kappa shape index (κ1) is 11.4. The lowest BCUT2D eigenvalue weighted by atomic mass is 9.91. The molecule has 1 spiro atoms. The van der Waals surface area contributed by atoms with Gasteiger partial charge in [0, 0.05) is 6.42 Å². The van der Waals surface area contributed by atoms with Crippen LogP contribution in [0.2, 0.25) is 0 Å². The summed E-state index contributed by atoms with van der Waals surface area (Å²) in [5, 5.41) is 0. The van der Waals surface area contributed by atoms with Gasteiger partial charge in [-0.05, 0) is 41.0 Å². The molecule has 0 amide bonds. The van der Waals surface area contributed by atoms with Gasteiger partial charge in [-0.1, -0.05) is 0 Å². The zero-order chi connectivity index (χ0) is 11.3. The van der Waals surface area contributed by atoms with E-state index in [0.29, 0.717) is 0 Å². The third-order valence-electron chi connectivity index (χ3n) is 3.36. The minimum Gasteiger partial charge on any atom is -0.364 e. The Morgan fingerprint density at radius 2 is 1.80 bits per heavy atom. The van der Waals surface area contributed by atoms with Gasteiger partial charge in [0.15, 0.2) is 5.79 Å². The van der Waals surface area contributed by atoms with Crippen LogP contribution in [0.25, 0.3) is 0 Å². The zero-order valence-corrected chi connectivity index (χ0v) is 10.4. The van der Waals surface area contributed by atoms with Crippen LogP contribution in [0.3, 0.4) is 0 Å². The molecule has 15 heavy (non-hydrogen) atoms. The van der Waals surface area contributed by atoms with Crippen LogP contribution in [0.1, 0.15) is 47.5 Å². The third kappa shape index (κ3) is 1.81. The minimum absolute atomic E-state index is 0.166. The molecule has 88 valence electrons. The van der Waals surface area contributed by atoms with Gasteiger partial charge in [-0.3, -0.25) is 0 Å². The Balaban J connectivity index is 2.26. The predicted octanol–water partition coefficient (Wildman–Crippen LogP) is 2.49. The van der Waals surface area contributed by atoms with Gasteiger partial charge in [-0.25, -0.2) is 0 Å². The molecule has 2 saturated heterocycles. The first-order valence-electron chi connectivity index (χ1n) is 5.78. The molecule has 3 heteroatoms. The van der Waals surface area contributed by atoms with E-state index in [4.69, 9.17) is 14.2 Å². The molecule has 0 saturated carbocycles. The quantitative estimate of drug-likeness (QED) is 0.620. The highest BCUT2D eigenvalue weighted by Gasteiger charge is 2.61. The fourth-order valence-corrected chi connectivity index (χ4v) is 2.79. The highest BCUT2D eigenvalue weighted by atomic mass is 16.7. The molecule has 2 aliphatic heterocycles. The summed E-state index contributed by atoms with van der Waals surface area (Å²) in [4.78, 5) is 0. The normalized spacial score (nSPS) is 43.4. The Morgan fingerprint density at radius 1 is 1.13 bits per heavy atom. The van der Waals surface area contributed by atoms with Crippen LogP contribution in [0, 0.1) is 0 Å². The fraction of sp³-hybridized carbons (Fsp3) is 1.00. The van der Waals surface area contributed by atoms with Gasteiger partial charge in [0.05, 0.1) is 18.3 Å². The number of rotatable bonds is 0. The van der Waals surface area contributed by atoms with Gasteiger partial charge in [0.1, 0.15) is 5.60 Å². The lowest BCUT2D eigenvalue weighted by Crippen LogP contribution is -2.55. The Labute approximate surface area is 92.1 Å². The molecule has 2 atom stereocenters. The maximum absolute atomic E-state index is 6.04. The van der Waals surface area contributed by atoms with Crippen LogP contribution in [-0.4, -0.2) is 29.7 Å². The Morgan fingerprint density at radius 3 is 2.27 bits per heavy atom.